The molecular weight excluding hydrogens is 390 g/mol. The molecule has 1 aliphatic heterocycles. The number of carbonyl (C=O) groups is 1. The van der Waals surface area contributed by atoms with Crippen molar-refractivity contribution in [3.63, 3.8) is 0 Å². The minimum atomic E-state index is 0.0360. The monoisotopic (exact) mass is 407 g/mol. The van der Waals surface area contributed by atoms with E-state index < -0.39 is 0 Å². The van der Waals surface area contributed by atoms with E-state index in [9.17, 15) is 4.79 Å². The molecule has 2 aromatic rings. The average molecular weight is 409 g/mol. The first-order valence-electron chi connectivity index (χ1n) is 7.94. The predicted octanol–water partition coefficient (Wildman–Crippen LogP) is 4.02. The molecule has 2 heterocycles. The minimum Gasteiger partial charge on any atom is -0.336 e. The largest absolute Gasteiger partial charge is 0.336 e. The fraction of sp³-hybridized carbons (Fsp3) is 0.333. The number of hydrogen-bond donors (Lipinski definition) is 0. The van der Waals surface area contributed by atoms with E-state index >= 15 is 0 Å². The molecule has 24 heavy (non-hydrogen) atoms. The number of rotatable bonds is 3. The Morgan fingerprint density at radius 2 is 1.92 bits per heavy atom. The number of amides is 1. The van der Waals surface area contributed by atoms with Crippen molar-refractivity contribution in [2.24, 2.45) is 0 Å². The summed E-state index contributed by atoms with van der Waals surface area (Å²) in [6.07, 6.45) is 3.30. The maximum atomic E-state index is 12.6. The summed E-state index contributed by atoms with van der Waals surface area (Å²) in [7, 11) is 0. The first kappa shape index (κ1) is 17.4. The van der Waals surface area contributed by atoms with Crippen molar-refractivity contribution < 1.29 is 4.79 Å². The highest BCUT2D eigenvalue weighted by Crippen LogP contribution is 2.28. The SMILES string of the molecule is CC(c1ccccc1Cl)N1CCN(C(=O)c2cncc(Br)c2)CC1. The molecule has 1 unspecified atom stereocenters. The highest BCUT2D eigenvalue weighted by atomic mass is 79.9. The maximum absolute atomic E-state index is 12.6. The number of benzene rings is 1. The Balaban J connectivity index is 1.63. The Bertz CT molecular complexity index is 732. The number of pyridine rings is 1. The Kier molecular flexibility index (Phi) is 5.54. The second kappa shape index (κ2) is 7.64. The van der Waals surface area contributed by atoms with E-state index in [4.69, 9.17) is 11.6 Å². The highest BCUT2D eigenvalue weighted by Gasteiger charge is 2.26. The lowest BCUT2D eigenvalue weighted by Gasteiger charge is -2.38. The summed E-state index contributed by atoms with van der Waals surface area (Å²) in [5, 5.41) is 0.795. The van der Waals surface area contributed by atoms with Gasteiger partial charge in [-0.1, -0.05) is 29.8 Å². The van der Waals surface area contributed by atoms with Gasteiger partial charge in [0.25, 0.3) is 5.91 Å². The molecule has 0 aliphatic carbocycles. The lowest BCUT2D eigenvalue weighted by atomic mass is 10.1. The Morgan fingerprint density at radius 1 is 1.21 bits per heavy atom. The van der Waals surface area contributed by atoms with Crippen molar-refractivity contribution in [2.45, 2.75) is 13.0 Å². The summed E-state index contributed by atoms with van der Waals surface area (Å²) < 4.78 is 0.819. The molecule has 0 saturated carbocycles. The topological polar surface area (TPSA) is 36.4 Å². The van der Waals surface area contributed by atoms with Gasteiger partial charge >= 0.3 is 0 Å². The molecule has 1 aromatic heterocycles. The van der Waals surface area contributed by atoms with E-state index in [1.807, 2.05) is 29.2 Å². The second-order valence-corrected chi connectivity index (χ2v) is 7.24. The summed E-state index contributed by atoms with van der Waals surface area (Å²) in [5.41, 5.74) is 1.76. The van der Waals surface area contributed by atoms with Gasteiger partial charge in [0.2, 0.25) is 0 Å². The van der Waals surface area contributed by atoms with E-state index in [1.165, 1.54) is 0 Å². The average Bonchev–Trinajstić information content (AvgIpc) is 2.61. The minimum absolute atomic E-state index is 0.0360. The van der Waals surface area contributed by atoms with Crippen LogP contribution in [0.2, 0.25) is 5.02 Å². The number of piperazine rings is 1. The summed E-state index contributed by atoms with van der Waals surface area (Å²) >= 11 is 9.67. The van der Waals surface area contributed by atoms with Crippen LogP contribution in [-0.4, -0.2) is 46.9 Å². The zero-order valence-electron chi connectivity index (χ0n) is 13.5. The van der Waals surface area contributed by atoms with Crippen molar-refractivity contribution >= 4 is 33.4 Å². The third kappa shape index (κ3) is 3.79. The van der Waals surface area contributed by atoms with Crippen molar-refractivity contribution in [3.05, 3.63) is 63.3 Å². The second-order valence-electron chi connectivity index (χ2n) is 5.92. The first-order chi connectivity index (χ1) is 11.6. The van der Waals surface area contributed by atoms with Crippen LogP contribution in [0.5, 0.6) is 0 Å². The molecule has 1 fully saturated rings. The number of carbonyl (C=O) groups excluding carboxylic acids is 1. The smallest absolute Gasteiger partial charge is 0.255 e. The van der Waals surface area contributed by atoms with Crippen LogP contribution in [0, 0.1) is 0 Å². The third-order valence-corrected chi connectivity index (χ3v) is 5.23. The van der Waals surface area contributed by atoms with Gasteiger partial charge in [-0.3, -0.25) is 14.7 Å². The summed E-state index contributed by atoms with van der Waals surface area (Å²) in [6, 6.07) is 10.0. The molecule has 0 radical (unpaired) electrons. The van der Waals surface area contributed by atoms with E-state index in [-0.39, 0.29) is 11.9 Å². The zero-order valence-corrected chi connectivity index (χ0v) is 15.8. The maximum Gasteiger partial charge on any atom is 0.255 e. The molecule has 4 nitrogen and oxygen atoms in total. The Morgan fingerprint density at radius 3 is 2.58 bits per heavy atom. The fourth-order valence-corrected chi connectivity index (χ4v) is 3.69. The van der Waals surface area contributed by atoms with Gasteiger partial charge in [0.05, 0.1) is 5.56 Å². The number of aromatic nitrogens is 1. The van der Waals surface area contributed by atoms with E-state index in [0.29, 0.717) is 18.7 Å². The standard InChI is InChI=1S/C18H19BrClN3O/c1-13(16-4-2-3-5-17(16)20)22-6-8-23(9-7-22)18(24)14-10-15(19)12-21-11-14/h2-5,10-13H,6-9H2,1H3. The third-order valence-electron chi connectivity index (χ3n) is 4.46. The Hall–Kier alpha value is -1.43. The van der Waals surface area contributed by atoms with Crippen LogP contribution in [0.4, 0.5) is 0 Å². The molecule has 0 N–H and O–H groups in total. The molecule has 3 rings (SSSR count). The number of halogens is 2. The van der Waals surface area contributed by atoms with Crippen molar-refractivity contribution in [1.82, 2.24) is 14.8 Å². The predicted molar refractivity (Wildman–Crippen MR) is 99.3 cm³/mol. The molecular formula is C18H19BrClN3O. The molecule has 0 bridgehead atoms. The van der Waals surface area contributed by atoms with Crippen LogP contribution in [0.3, 0.4) is 0 Å². The normalized spacial score (nSPS) is 16.9. The van der Waals surface area contributed by atoms with Crippen LogP contribution in [0.1, 0.15) is 28.9 Å². The van der Waals surface area contributed by atoms with Crippen LogP contribution >= 0.6 is 27.5 Å². The van der Waals surface area contributed by atoms with E-state index in [2.05, 4.69) is 38.8 Å². The highest BCUT2D eigenvalue weighted by molar-refractivity contribution is 9.10. The lowest BCUT2D eigenvalue weighted by Crippen LogP contribution is -2.49. The van der Waals surface area contributed by atoms with E-state index in [1.54, 1.807) is 12.4 Å². The van der Waals surface area contributed by atoms with Gasteiger partial charge in [-0.15, -0.1) is 0 Å². The Labute approximate surface area is 155 Å². The van der Waals surface area contributed by atoms with Gasteiger partial charge in [-0.25, -0.2) is 0 Å². The van der Waals surface area contributed by atoms with Crippen molar-refractivity contribution in [1.29, 1.82) is 0 Å². The molecule has 1 aromatic carbocycles. The molecule has 1 saturated heterocycles. The van der Waals surface area contributed by atoms with Gasteiger partial charge in [0.1, 0.15) is 0 Å². The van der Waals surface area contributed by atoms with Crippen molar-refractivity contribution in [3.8, 4) is 0 Å². The summed E-state index contributed by atoms with van der Waals surface area (Å²) in [6.45, 7) is 5.25. The lowest BCUT2D eigenvalue weighted by molar-refractivity contribution is 0.0581. The van der Waals surface area contributed by atoms with Crippen LogP contribution in [0.25, 0.3) is 0 Å². The summed E-state index contributed by atoms with van der Waals surface area (Å²) in [5.74, 6) is 0.0360. The van der Waals surface area contributed by atoms with Gasteiger partial charge in [0.15, 0.2) is 0 Å². The quantitative estimate of drug-likeness (QED) is 0.770. The molecule has 6 heteroatoms. The van der Waals surface area contributed by atoms with Gasteiger partial charge in [-0.05, 0) is 40.5 Å². The number of nitrogens with zero attached hydrogens (tertiary/aromatic N) is 3. The van der Waals surface area contributed by atoms with Gasteiger partial charge < -0.3 is 4.90 Å². The fourth-order valence-electron chi connectivity index (χ4n) is 3.03. The molecule has 1 aliphatic rings. The summed E-state index contributed by atoms with van der Waals surface area (Å²) in [4.78, 5) is 20.9. The van der Waals surface area contributed by atoms with Crippen molar-refractivity contribution in [2.75, 3.05) is 26.2 Å². The van der Waals surface area contributed by atoms with Crippen LogP contribution < -0.4 is 0 Å². The van der Waals surface area contributed by atoms with E-state index in [0.717, 1.165) is 28.1 Å². The van der Waals surface area contributed by atoms with Gasteiger partial charge in [-0.2, -0.15) is 0 Å². The zero-order chi connectivity index (χ0) is 17.1. The van der Waals surface area contributed by atoms with Gasteiger partial charge in [0, 0.05) is 54.1 Å². The number of hydrogen-bond acceptors (Lipinski definition) is 3. The molecule has 0 spiro atoms. The molecule has 1 amide bonds. The van der Waals surface area contributed by atoms with Crippen LogP contribution in [0.15, 0.2) is 47.2 Å². The molecule has 126 valence electrons. The molecule has 1 atom stereocenters. The first-order valence-corrected chi connectivity index (χ1v) is 9.11. The van der Waals surface area contributed by atoms with Crippen LogP contribution in [-0.2, 0) is 0 Å².